The van der Waals surface area contributed by atoms with Gasteiger partial charge in [-0.1, -0.05) is 59.2 Å². The molecule has 6 rings (SSSR count). The van der Waals surface area contributed by atoms with E-state index in [-0.39, 0.29) is 31.7 Å². The van der Waals surface area contributed by atoms with Gasteiger partial charge >= 0.3 is 0 Å². The summed E-state index contributed by atoms with van der Waals surface area (Å²) in [5.41, 5.74) is 6.26. The smallest absolute Gasteiger partial charge is 0.283 e. The Bertz CT molecular complexity index is 1950. The Labute approximate surface area is 287 Å². The molecular formula is C33H33Cl2FN6O3S2. The van der Waals surface area contributed by atoms with E-state index in [0.717, 1.165) is 39.6 Å². The van der Waals surface area contributed by atoms with E-state index in [4.69, 9.17) is 28.3 Å². The molecule has 0 unspecified atom stereocenters. The van der Waals surface area contributed by atoms with E-state index >= 15 is 0 Å². The number of hydrogen-bond donors (Lipinski definition) is 2. The maximum atomic E-state index is 14.0. The number of benzene rings is 2. The van der Waals surface area contributed by atoms with Gasteiger partial charge in [0.25, 0.3) is 16.1 Å². The number of carbonyl (C=O) groups excluding carboxylic acids is 1. The summed E-state index contributed by atoms with van der Waals surface area (Å²) in [5, 5.41) is 7.31. The molecule has 47 heavy (non-hydrogen) atoms. The van der Waals surface area contributed by atoms with Gasteiger partial charge in [-0.2, -0.15) is 22.5 Å². The lowest BCUT2D eigenvalue weighted by molar-refractivity contribution is 0.0743. The predicted molar refractivity (Wildman–Crippen MR) is 184 cm³/mol. The topological polar surface area (TPSA) is 99.6 Å². The largest absolute Gasteiger partial charge is 0.286 e. The average molecular weight is 716 g/mol. The van der Waals surface area contributed by atoms with Crippen LogP contribution in [0.25, 0.3) is 16.3 Å². The first-order valence-corrected chi connectivity index (χ1v) is 18.3. The fourth-order valence-corrected chi connectivity index (χ4v) is 8.17. The number of nitrogens with one attached hydrogen (secondary N) is 2. The van der Waals surface area contributed by atoms with Gasteiger partial charge in [-0.05, 0) is 68.7 Å². The molecule has 0 bridgehead atoms. The van der Waals surface area contributed by atoms with E-state index in [2.05, 4.69) is 22.0 Å². The van der Waals surface area contributed by atoms with E-state index in [1.807, 2.05) is 48.3 Å². The molecule has 4 heterocycles. The number of thiophene rings is 1. The van der Waals surface area contributed by atoms with Gasteiger partial charge in [0.05, 0.1) is 26.2 Å². The van der Waals surface area contributed by atoms with Crippen LogP contribution in [0.2, 0.25) is 10.0 Å². The van der Waals surface area contributed by atoms with E-state index in [0.29, 0.717) is 45.0 Å². The van der Waals surface area contributed by atoms with Crippen LogP contribution in [-0.4, -0.2) is 65.8 Å². The van der Waals surface area contributed by atoms with Gasteiger partial charge in [0.15, 0.2) is 5.69 Å². The summed E-state index contributed by atoms with van der Waals surface area (Å²) in [5.74, 6) is 5.91. The second-order valence-electron chi connectivity index (χ2n) is 11.5. The molecule has 2 aromatic heterocycles. The Morgan fingerprint density at radius 3 is 2.51 bits per heavy atom. The molecule has 1 amide bonds. The first kappa shape index (κ1) is 33.6. The summed E-state index contributed by atoms with van der Waals surface area (Å²) in [4.78, 5) is 15.3. The van der Waals surface area contributed by atoms with Gasteiger partial charge in [-0.25, -0.2) is 14.1 Å². The van der Waals surface area contributed by atoms with Gasteiger partial charge in [-0.3, -0.25) is 10.2 Å². The van der Waals surface area contributed by atoms with Crippen LogP contribution in [0.15, 0.2) is 54.6 Å². The van der Waals surface area contributed by atoms with Crippen molar-refractivity contribution in [3.63, 3.8) is 0 Å². The normalized spacial score (nSPS) is 17.4. The second-order valence-corrected chi connectivity index (χ2v) is 15.2. The van der Waals surface area contributed by atoms with Gasteiger partial charge < -0.3 is 0 Å². The molecule has 0 aliphatic carbocycles. The van der Waals surface area contributed by atoms with Crippen molar-refractivity contribution < 1.29 is 17.6 Å². The number of amides is 1. The number of aromatic nitrogens is 2. The van der Waals surface area contributed by atoms with Crippen LogP contribution in [0.5, 0.6) is 0 Å². The highest BCUT2D eigenvalue weighted by molar-refractivity contribution is 7.87. The Balaban J connectivity index is 1.45. The summed E-state index contributed by atoms with van der Waals surface area (Å²) in [7, 11) is -4.06. The third-order valence-electron chi connectivity index (χ3n) is 8.04. The summed E-state index contributed by atoms with van der Waals surface area (Å²) < 4.78 is 45.7. The van der Waals surface area contributed by atoms with Crippen molar-refractivity contribution in [3.8, 4) is 28.1 Å². The van der Waals surface area contributed by atoms with Crippen molar-refractivity contribution in [2.75, 3.05) is 26.2 Å². The SMILES string of the molecule is Cc1ccc(C#Cc2ccc(-c3c(CNS(=O)(=O)N4CC[C@H](F)C4)c(C(=O)NN4CCCCC4)nn3-c3ccc(Cl)cc3Cl)s2)cc1. The highest BCUT2D eigenvalue weighted by Crippen LogP contribution is 2.37. The number of alkyl halides is 1. The van der Waals surface area contributed by atoms with Gasteiger partial charge in [0.2, 0.25) is 0 Å². The van der Waals surface area contributed by atoms with E-state index in [1.54, 1.807) is 22.9 Å². The minimum Gasteiger partial charge on any atom is -0.283 e. The molecule has 0 spiro atoms. The molecule has 0 radical (unpaired) electrons. The van der Waals surface area contributed by atoms with Crippen LogP contribution < -0.4 is 10.1 Å². The average Bonchev–Trinajstić information content (AvgIpc) is 3.79. The number of carbonyl (C=O) groups is 1. The molecule has 2 fully saturated rings. The lowest BCUT2D eigenvalue weighted by atomic mass is 10.1. The monoisotopic (exact) mass is 714 g/mol. The van der Waals surface area contributed by atoms with Crippen molar-refractivity contribution in [2.24, 2.45) is 0 Å². The quantitative estimate of drug-likeness (QED) is 0.214. The zero-order valence-electron chi connectivity index (χ0n) is 25.6. The number of hydrazine groups is 1. The maximum Gasteiger partial charge on any atom is 0.286 e. The number of piperidine rings is 1. The number of rotatable bonds is 8. The van der Waals surface area contributed by atoms with Crippen molar-refractivity contribution in [1.82, 2.24) is 29.2 Å². The van der Waals surface area contributed by atoms with Gasteiger partial charge in [0.1, 0.15) is 6.17 Å². The van der Waals surface area contributed by atoms with Crippen molar-refractivity contribution in [2.45, 2.75) is 45.3 Å². The first-order chi connectivity index (χ1) is 22.6. The van der Waals surface area contributed by atoms with Gasteiger partial charge in [-0.15, -0.1) is 11.3 Å². The molecule has 2 saturated heterocycles. The molecular weight excluding hydrogens is 682 g/mol. The van der Waals surface area contributed by atoms with Crippen LogP contribution in [0.3, 0.4) is 0 Å². The molecule has 2 aliphatic rings. The Morgan fingerprint density at radius 1 is 1.04 bits per heavy atom. The Kier molecular flexibility index (Phi) is 10.3. The fraction of sp³-hybridized carbons (Fsp3) is 0.333. The summed E-state index contributed by atoms with van der Waals surface area (Å²) in [6.45, 7) is 2.97. The van der Waals surface area contributed by atoms with E-state index in [1.165, 1.54) is 11.3 Å². The predicted octanol–water partition coefficient (Wildman–Crippen LogP) is 6.12. The maximum absolute atomic E-state index is 14.0. The lowest BCUT2D eigenvalue weighted by Gasteiger charge is -2.26. The minimum atomic E-state index is -4.06. The Hall–Kier alpha value is -3.28. The van der Waals surface area contributed by atoms with E-state index in [9.17, 15) is 17.6 Å². The molecule has 246 valence electrons. The van der Waals surface area contributed by atoms with Crippen molar-refractivity contribution >= 4 is 50.7 Å². The van der Waals surface area contributed by atoms with Crippen LogP contribution >= 0.6 is 34.5 Å². The zero-order valence-corrected chi connectivity index (χ0v) is 28.7. The van der Waals surface area contributed by atoms with Crippen molar-refractivity contribution in [3.05, 3.63) is 91.9 Å². The number of hydrogen-bond acceptors (Lipinski definition) is 6. The van der Waals surface area contributed by atoms with Crippen molar-refractivity contribution in [1.29, 1.82) is 0 Å². The summed E-state index contributed by atoms with van der Waals surface area (Å²) in [6.07, 6.45) is 1.87. The molecule has 2 N–H and O–H groups in total. The number of halogens is 3. The molecule has 14 heteroatoms. The lowest BCUT2D eigenvalue weighted by Crippen LogP contribution is -2.45. The summed E-state index contributed by atoms with van der Waals surface area (Å²) >= 11 is 14.3. The Morgan fingerprint density at radius 2 is 1.81 bits per heavy atom. The van der Waals surface area contributed by atoms with Crippen LogP contribution in [0.4, 0.5) is 4.39 Å². The summed E-state index contributed by atoms with van der Waals surface area (Å²) in [6, 6.07) is 16.6. The number of nitrogens with zero attached hydrogens (tertiary/aromatic N) is 4. The van der Waals surface area contributed by atoms with Crippen LogP contribution in [0, 0.1) is 18.8 Å². The fourth-order valence-electron chi connectivity index (χ4n) is 5.55. The standard InChI is InChI=1S/C33H33Cl2FN6O3S2/c1-22-5-7-23(8-6-22)9-11-26-12-14-30(46-26)32-27(20-37-47(44,45)41-18-15-25(36)21-41)31(33(43)39-40-16-3-2-4-17-40)38-42(32)29-13-10-24(34)19-28(29)35/h5-8,10,12-14,19,25,37H,2-4,15-18,20-21H2,1H3,(H,39,43)/t25-/m0/s1. The molecule has 9 nitrogen and oxygen atoms in total. The van der Waals surface area contributed by atoms with Gasteiger partial charge in [0, 0.05) is 48.9 Å². The molecule has 2 aliphatic heterocycles. The van der Waals surface area contributed by atoms with Crippen LogP contribution in [-0.2, 0) is 16.8 Å². The van der Waals surface area contributed by atoms with Crippen LogP contribution in [0.1, 0.15) is 57.7 Å². The molecule has 2 aromatic carbocycles. The highest BCUT2D eigenvalue weighted by atomic mass is 35.5. The first-order valence-electron chi connectivity index (χ1n) is 15.3. The second kappa shape index (κ2) is 14.5. The molecule has 0 saturated carbocycles. The zero-order chi connectivity index (χ0) is 33.1. The third kappa shape index (κ3) is 7.90. The molecule has 4 aromatic rings. The molecule has 1 atom stereocenters. The third-order valence-corrected chi connectivity index (χ3v) is 11.1. The number of aryl methyl sites for hydroxylation is 1. The van der Waals surface area contributed by atoms with E-state index < -0.39 is 22.3 Å². The minimum absolute atomic E-state index is 0.0322. The highest BCUT2D eigenvalue weighted by Gasteiger charge is 2.33.